The third-order valence-electron chi connectivity index (χ3n) is 5.90. The zero-order chi connectivity index (χ0) is 27.4. The Bertz CT molecular complexity index is 1250. The van der Waals surface area contributed by atoms with E-state index < -0.39 is 35.2 Å². The number of aromatic nitrogens is 1. The molecule has 0 saturated carbocycles. The fourth-order valence-electron chi connectivity index (χ4n) is 3.78. The number of nitrogens with two attached hydrogens (primary N) is 1. The van der Waals surface area contributed by atoms with Crippen LogP contribution in [-0.2, 0) is 17.4 Å². The third kappa shape index (κ3) is 7.45. The van der Waals surface area contributed by atoms with Crippen molar-refractivity contribution in [2.45, 2.75) is 50.9 Å². The summed E-state index contributed by atoms with van der Waals surface area (Å²) in [5, 5.41) is 3.53. The molecular weight excluding hydrogens is 507 g/mol. The summed E-state index contributed by atoms with van der Waals surface area (Å²) in [5.74, 6) is -1.44. The average Bonchev–Trinajstić information content (AvgIpc) is 2.83. The van der Waals surface area contributed by atoms with Crippen molar-refractivity contribution >= 4 is 23.4 Å². The van der Waals surface area contributed by atoms with E-state index in [0.717, 1.165) is 23.3 Å². The van der Waals surface area contributed by atoms with Gasteiger partial charge in [-0.3, -0.25) is 9.59 Å². The second-order valence-corrected chi connectivity index (χ2v) is 9.62. The SMILES string of the molecule is CC(NC(=O)C(C)(C)Oc1ccc(C(F)(F)F)cn1)[C@@H](Cc1ccc(Cl)cc1)c1cccc(C(N)=O)c1. The summed E-state index contributed by atoms with van der Waals surface area (Å²) in [4.78, 5) is 28.6. The van der Waals surface area contributed by atoms with E-state index >= 15 is 0 Å². The Balaban J connectivity index is 1.81. The Labute approximate surface area is 218 Å². The fourth-order valence-corrected chi connectivity index (χ4v) is 3.90. The molecule has 0 saturated heterocycles. The van der Waals surface area contributed by atoms with Gasteiger partial charge in [-0.1, -0.05) is 35.9 Å². The van der Waals surface area contributed by atoms with Gasteiger partial charge in [0, 0.05) is 34.8 Å². The van der Waals surface area contributed by atoms with E-state index in [1.807, 2.05) is 25.1 Å². The van der Waals surface area contributed by atoms with Crippen LogP contribution in [0, 0.1) is 0 Å². The molecule has 0 radical (unpaired) electrons. The predicted molar refractivity (Wildman–Crippen MR) is 134 cm³/mol. The van der Waals surface area contributed by atoms with Crippen LogP contribution in [0.3, 0.4) is 0 Å². The number of amides is 2. The molecule has 0 aliphatic heterocycles. The number of hydrogen-bond acceptors (Lipinski definition) is 4. The molecule has 10 heteroatoms. The monoisotopic (exact) mass is 533 g/mol. The van der Waals surface area contributed by atoms with Gasteiger partial charge in [0.25, 0.3) is 5.91 Å². The molecule has 2 amide bonds. The molecule has 0 spiro atoms. The van der Waals surface area contributed by atoms with E-state index in [2.05, 4.69) is 10.3 Å². The highest BCUT2D eigenvalue weighted by Gasteiger charge is 2.34. The minimum atomic E-state index is -4.53. The maximum absolute atomic E-state index is 13.2. The predicted octanol–water partition coefficient (Wildman–Crippen LogP) is 5.54. The number of alkyl halides is 3. The lowest BCUT2D eigenvalue weighted by Crippen LogP contribution is -2.51. The summed E-state index contributed by atoms with van der Waals surface area (Å²) in [5.41, 5.74) is 5.20. The van der Waals surface area contributed by atoms with E-state index in [1.54, 1.807) is 30.3 Å². The number of benzene rings is 2. The molecular formula is C27H27ClF3N3O3. The molecule has 0 bridgehead atoms. The van der Waals surface area contributed by atoms with Gasteiger partial charge in [0.05, 0.1) is 5.56 Å². The first-order valence-electron chi connectivity index (χ1n) is 11.4. The summed E-state index contributed by atoms with van der Waals surface area (Å²) < 4.78 is 44.1. The van der Waals surface area contributed by atoms with E-state index in [-0.39, 0.29) is 11.8 Å². The van der Waals surface area contributed by atoms with Gasteiger partial charge in [-0.15, -0.1) is 0 Å². The van der Waals surface area contributed by atoms with Gasteiger partial charge in [0.2, 0.25) is 11.8 Å². The Morgan fingerprint density at radius 3 is 2.32 bits per heavy atom. The van der Waals surface area contributed by atoms with Crippen molar-refractivity contribution in [2.24, 2.45) is 5.73 Å². The highest BCUT2D eigenvalue weighted by molar-refractivity contribution is 6.30. The van der Waals surface area contributed by atoms with Crippen molar-refractivity contribution in [3.05, 3.63) is 94.1 Å². The molecule has 1 unspecified atom stereocenters. The van der Waals surface area contributed by atoms with Gasteiger partial charge in [-0.25, -0.2) is 4.98 Å². The molecule has 2 aromatic carbocycles. The van der Waals surface area contributed by atoms with E-state index in [1.165, 1.54) is 13.8 Å². The van der Waals surface area contributed by atoms with Gasteiger partial charge < -0.3 is 15.8 Å². The summed E-state index contributed by atoms with van der Waals surface area (Å²) in [6.07, 6.45) is -3.36. The van der Waals surface area contributed by atoms with E-state index in [0.29, 0.717) is 23.2 Å². The number of pyridine rings is 1. The molecule has 0 aliphatic rings. The minimum Gasteiger partial charge on any atom is -0.462 e. The zero-order valence-electron chi connectivity index (χ0n) is 20.5. The smallest absolute Gasteiger partial charge is 0.417 e. The van der Waals surface area contributed by atoms with Crippen LogP contribution in [0.25, 0.3) is 0 Å². The molecule has 0 aliphatic carbocycles. The van der Waals surface area contributed by atoms with Crippen LogP contribution in [-0.4, -0.2) is 28.4 Å². The number of primary amides is 1. The number of carbonyl (C=O) groups excluding carboxylic acids is 2. The number of nitrogens with zero attached hydrogens (tertiary/aromatic N) is 1. The third-order valence-corrected chi connectivity index (χ3v) is 6.15. The Kier molecular flexibility index (Phi) is 8.48. The molecule has 196 valence electrons. The van der Waals surface area contributed by atoms with Crippen LogP contribution in [0.1, 0.15) is 53.7 Å². The van der Waals surface area contributed by atoms with Crippen LogP contribution >= 0.6 is 11.6 Å². The molecule has 3 aromatic rings. The van der Waals surface area contributed by atoms with Gasteiger partial charge in [0.15, 0.2) is 5.60 Å². The number of rotatable bonds is 9. The summed E-state index contributed by atoms with van der Waals surface area (Å²) in [7, 11) is 0. The first kappa shape index (κ1) is 28.0. The topological polar surface area (TPSA) is 94.3 Å². The molecule has 1 heterocycles. The Morgan fingerprint density at radius 1 is 1.08 bits per heavy atom. The van der Waals surface area contributed by atoms with Crippen LogP contribution in [0.2, 0.25) is 5.02 Å². The zero-order valence-corrected chi connectivity index (χ0v) is 21.2. The van der Waals surface area contributed by atoms with Crippen molar-refractivity contribution in [3.63, 3.8) is 0 Å². The maximum atomic E-state index is 13.2. The van der Waals surface area contributed by atoms with Crippen LogP contribution in [0.4, 0.5) is 13.2 Å². The maximum Gasteiger partial charge on any atom is 0.417 e. The molecule has 3 N–H and O–H groups in total. The lowest BCUT2D eigenvalue weighted by molar-refractivity contribution is -0.138. The lowest BCUT2D eigenvalue weighted by atomic mass is 9.85. The second-order valence-electron chi connectivity index (χ2n) is 9.18. The highest BCUT2D eigenvalue weighted by Crippen LogP contribution is 2.30. The number of hydrogen-bond donors (Lipinski definition) is 2. The average molecular weight is 534 g/mol. The first-order chi connectivity index (χ1) is 17.3. The number of ether oxygens (including phenoxy) is 1. The molecule has 3 rings (SSSR count). The van der Waals surface area contributed by atoms with E-state index in [4.69, 9.17) is 22.1 Å². The lowest BCUT2D eigenvalue weighted by Gasteiger charge is -2.31. The number of carbonyl (C=O) groups is 2. The van der Waals surface area contributed by atoms with Gasteiger partial charge >= 0.3 is 6.18 Å². The summed E-state index contributed by atoms with van der Waals surface area (Å²) in [6, 6.07) is 15.7. The van der Waals surface area contributed by atoms with Gasteiger partial charge in [-0.05, 0) is 68.7 Å². The number of nitrogens with one attached hydrogen (secondary N) is 1. The van der Waals surface area contributed by atoms with Crippen LogP contribution < -0.4 is 15.8 Å². The summed E-state index contributed by atoms with van der Waals surface area (Å²) >= 11 is 6.02. The normalized spacial score (nSPS) is 13.5. The quantitative estimate of drug-likeness (QED) is 0.377. The fraction of sp³-hybridized carbons (Fsp3) is 0.296. The standard InChI is InChI=1S/C27H27ClF3N3O3/c1-16(34-25(36)26(2,3)37-23-12-9-20(15-33-23)27(29,30)31)22(13-17-7-10-21(28)11-8-17)18-5-4-6-19(14-18)24(32)35/h4-12,14-16,22H,13H2,1-3H3,(H2,32,35)(H,34,36)/t16?,22-/m1/s1. The largest absolute Gasteiger partial charge is 0.462 e. The van der Waals surface area contributed by atoms with Crippen LogP contribution in [0.5, 0.6) is 5.88 Å². The first-order valence-corrected chi connectivity index (χ1v) is 11.8. The Morgan fingerprint density at radius 2 is 1.76 bits per heavy atom. The number of halogens is 4. The highest BCUT2D eigenvalue weighted by atomic mass is 35.5. The van der Waals surface area contributed by atoms with Crippen LogP contribution in [0.15, 0.2) is 66.9 Å². The molecule has 6 nitrogen and oxygen atoms in total. The van der Waals surface area contributed by atoms with Gasteiger partial charge in [0.1, 0.15) is 0 Å². The molecule has 2 atom stereocenters. The second kappa shape index (κ2) is 11.2. The van der Waals surface area contributed by atoms with Crippen molar-refractivity contribution in [1.29, 1.82) is 0 Å². The molecule has 37 heavy (non-hydrogen) atoms. The van der Waals surface area contributed by atoms with Crippen molar-refractivity contribution in [1.82, 2.24) is 10.3 Å². The van der Waals surface area contributed by atoms with Crippen molar-refractivity contribution in [2.75, 3.05) is 0 Å². The van der Waals surface area contributed by atoms with Gasteiger partial charge in [-0.2, -0.15) is 13.2 Å². The van der Waals surface area contributed by atoms with Crippen molar-refractivity contribution < 1.29 is 27.5 Å². The summed E-state index contributed by atoms with van der Waals surface area (Å²) in [6.45, 7) is 4.81. The minimum absolute atomic E-state index is 0.118. The van der Waals surface area contributed by atoms with Crippen molar-refractivity contribution in [3.8, 4) is 5.88 Å². The Hall–Kier alpha value is -3.59. The molecule has 1 aromatic heterocycles. The van der Waals surface area contributed by atoms with E-state index in [9.17, 15) is 22.8 Å². The molecule has 0 fully saturated rings.